The highest BCUT2D eigenvalue weighted by Crippen LogP contribution is 2.25. The molecule has 138 valence electrons. The van der Waals surface area contributed by atoms with Crippen LogP contribution in [0.1, 0.15) is 36.5 Å². The second kappa shape index (κ2) is 9.09. The summed E-state index contributed by atoms with van der Waals surface area (Å²) in [7, 11) is 5.01. The third-order valence-corrected chi connectivity index (χ3v) is 4.28. The van der Waals surface area contributed by atoms with Crippen LogP contribution in [-0.4, -0.2) is 32.1 Å². The lowest BCUT2D eigenvalue weighted by atomic mass is 10.0. The van der Waals surface area contributed by atoms with Crippen molar-refractivity contribution >= 4 is 12.0 Å². The molecule has 0 fully saturated rings. The molecular weight excluding hydrogens is 326 g/mol. The third kappa shape index (κ3) is 5.12. The summed E-state index contributed by atoms with van der Waals surface area (Å²) >= 11 is 0. The van der Waals surface area contributed by atoms with Crippen molar-refractivity contribution in [1.82, 2.24) is 4.90 Å². The molecule has 26 heavy (non-hydrogen) atoms. The molecule has 2 aromatic rings. The van der Waals surface area contributed by atoms with Crippen molar-refractivity contribution in [3.8, 4) is 11.5 Å². The Morgan fingerprint density at radius 2 is 1.77 bits per heavy atom. The van der Waals surface area contributed by atoms with E-state index in [2.05, 4.69) is 38.1 Å². The second-order valence-corrected chi connectivity index (χ2v) is 6.53. The summed E-state index contributed by atoms with van der Waals surface area (Å²) in [4.78, 5) is 14.1. The first kappa shape index (κ1) is 19.6. The summed E-state index contributed by atoms with van der Waals surface area (Å²) in [5.74, 6) is 1.85. The van der Waals surface area contributed by atoms with Crippen LogP contribution in [0.3, 0.4) is 0 Å². The van der Waals surface area contributed by atoms with Crippen molar-refractivity contribution in [3.05, 3.63) is 65.2 Å². The van der Waals surface area contributed by atoms with Gasteiger partial charge in [0.1, 0.15) is 11.5 Å². The smallest absolute Gasteiger partial charge is 0.246 e. The zero-order valence-corrected chi connectivity index (χ0v) is 16.2. The van der Waals surface area contributed by atoms with Crippen LogP contribution in [0.25, 0.3) is 6.08 Å². The maximum atomic E-state index is 12.4. The van der Waals surface area contributed by atoms with E-state index >= 15 is 0 Å². The van der Waals surface area contributed by atoms with E-state index in [0.717, 1.165) is 16.9 Å². The largest absolute Gasteiger partial charge is 0.497 e. The van der Waals surface area contributed by atoms with Gasteiger partial charge in [-0.25, -0.2) is 0 Å². The van der Waals surface area contributed by atoms with Gasteiger partial charge in [-0.05, 0) is 41.3 Å². The maximum Gasteiger partial charge on any atom is 0.246 e. The fourth-order valence-electron chi connectivity index (χ4n) is 2.62. The molecule has 0 N–H and O–H groups in total. The number of amides is 1. The van der Waals surface area contributed by atoms with Gasteiger partial charge in [-0.1, -0.05) is 38.1 Å². The van der Waals surface area contributed by atoms with Crippen molar-refractivity contribution in [2.24, 2.45) is 0 Å². The van der Waals surface area contributed by atoms with E-state index in [0.29, 0.717) is 18.2 Å². The number of carbonyl (C=O) groups excluding carboxylic acids is 1. The maximum absolute atomic E-state index is 12.4. The Hall–Kier alpha value is -2.75. The highest BCUT2D eigenvalue weighted by Gasteiger charge is 2.08. The molecule has 0 radical (unpaired) electrons. The van der Waals surface area contributed by atoms with E-state index in [-0.39, 0.29) is 5.91 Å². The SMILES string of the molecule is COc1ccc(OC)c(C=CC(=O)N(C)Cc2ccc(C(C)C)cc2)c1. The van der Waals surface area contributed by atoms with E-state index in [1.807, 2.05) is 18.2 Å². The van der Waals surface area contributed by atoms with Gasteiger partial charge < -0.3 is 14.4 Å². The van der Waals surface area contributed by atoms with Gasteiger partial charge in [-0.2, -0.15) is 0 Å². The highest BCUT2D eigenvalue weighted by molar-refractivity contribution is 5.92. The van der Waals surface area contributed by atoms with E-state index in [1.165, 1.54) is 5.56 Å². The zero-order valence-electron chi connectivity index (χ0n) is 16.2. The molecule has 0 aliphatic heterocycles. The van der Waals surface area contributed by atoms with Crippen LogP contribution in [0.2, 0.25) is 0 Å². The van der Waals surface area contributed by atoms with E-state index in [1.54, 1.807) is 38.3 Å². The minimum Gasteiger partial charge on any atom is -0.497 e. The summed E-state index contributed by atoms with van der Waals surface area (Å²) < 4.78 is 10.6. The number of nitrogens with zero attached hydrogens (tertiary/aromatic N) is 1. The van der Waals surface area contributed by atoms with E-state index in [9.17, 15) is 4.79 Å². The predicted molar refractivity (Wildman–Crippen MR) is 106 cm³/mol. The van der Waals surface area contributed by atoms with Gasteiger partial charge in [0, 0.05) is 25.2 Å². The van der Waals surface area contributed by atoms with Crippen molar-refractivity contribution < 1.29 is 14.3 Å². The Balaban J connectivity index is 2.05. The molecule has 1 amide bonds. The molecule has 0 saturated heterocycles. The van der Waals surface area contributed by atoms with Gasteiger partial charge in [0.15, 0.2) is 0 Å². The van der Waals surface area contributed by atoms with Crippen LogP contribution in [-0.2, 0) is 11.3 Å². The third-order valence-electron chi connectivity index (χ3n) is 4.28. The molecular formula is C22H27NO3. The second-order valence-electron chi connectivity index (χ2n) is 6.53. The molecule has 2 aromatic carbocycles. The lowest BCUT2D eigenvalue weighted by molar-refractivity contribution is -0.125. The fourth-order valence-corrected chi connectivity index (χ4v) is 2.62. The van der Waals surface area contributed by atoms with Crippen LogP contribution in [0.4, 0.5) is 0 Å². The van der Waals surface area contributed by atoms with Crippen molar-refractivity contribution in [3.63, 3.8) is 0 Å². The summed E-state index contributed by atoms with van der Waals surface area (Å²) in [5, 5.41) is 0. The van der Waals surface area contributed by atoms with E-state index in [4.69, 9.17) is 9.47 Å². The molecule has 0 bridgehead atoms. The predicted octanol–water partition coefficient (Wildman–Crippen LogP) is 4.50. The van der Waals surface area contributed by atoms with Crippen LogP contribution in [0.5, 0.6) is 11.5 Å². The van der Waals surface area contributed by atoms with Gasteiger partial charge in [-0.3, -0.25) is 4.79 Å². The van der Waals surface area contributed by atoms with Gasteiger partial charge in [0.25, 0.3) is 0 Å². The Morgan fingerprint density at radius 3 is 2.35 bits per heavy atom. The van der Waals surface area contributed by atoms with Crippen LogP contribution in [0, 0.1) is 0 Å². The Morgan fingerprint density at radius 1 is 1.08 bits per heavy atom. The Kier molecular flexibility index (Phi) is 6.84. The molecule has 0 unspecified atom stereocenters. The van der Waals surface area contributed by atoms with Gasteiger partial charge in [0.2, 0.25) is 5.91 Å². The van der Waals surface area contributed by atoms with Crippen LogP contribution >= 0.6 is 0 Å². The number of carbonyl (C=O) groups is 1. The quantitative estimate of drug-likeness (QED) is 0.688. The molecule has 0 aliphatic carbocycles. The standard InChI is InChI=1S/C22H27NO3/c1-16(2)18-8-6-17(7-9-18)15-23(3)22(24)13-10-19-14-20(25-4)11-12-21(19)26-5/h6-14,16H,15H2,1-5H3. The first-order chi connectivity index (χ1) is 12.4. The van der Waals surface area contributed by atoms with Crippen molar-refractivity contribution in [1.29, 1.82) is 0 Å². The van der Waals surface area contributed by atoms with Gasteiger partial charge in [-0.15, -0.1) is 0 Å². The highest BCUT2D eigenvalue weighted by atomic mass is 16.5. The number of likely N-dealkylation sites (N-methyl/N-ethyl adjacent to an activating group) is 1. The summed E-state index contributed by atoms with van der Waals surface area (Å²) in [6.45, 7) is 4.90. The minimum atomic E-state index is -0.0668. The van der Waals surface area contributed by atoms with Crippen molar-refractivity contribution in [2.75, 3.05) is 21.3 Å². The molecule has 0 aromatic heterocycles. The molecule has 4 nitrogen and oxygen atoms in total. The number of hydrogen-bond acceptors (Lipinski definition) is 3. The van der Waals surface area contributed by atoms with Crippen LogP contribution in [0.15, 0.2) is 48.5 Å². The molecule has 0 saturated carbocycles. The summed E-state index contributed by atoms with van der Waals surface area (Å²) in [5.41, 5.74) is 3.21. The number of methoxy groups -OCH3 is 2. The summed E-state index contributed by atoms with van der Waals surface area (Å²) in [6, 6.07) is 13.9. The summed E-state index contributed by atoms with van der Waals surface area (Å²) in [6.07, 6.45) is 3.31. The zero-order chi connectivity index (χ0) is 19.1. The number of ether oxygens (including phenoxy) is 2. The molecule has 0 heterocycles. The Bertz CT molecular complexity index is 763. The molecule has 4 heteroatoms. The van der Waals surface area contributed by atoms with Gasteiger partial charge >= 0.3 is 0 Å². The first-order valence-electron chi connectivity index (χ1n) is 8.68. The van der Waals surface area contributed by atoms with E-state index < -0.39 is 0 Å². The monoisotopic (exact) mass is 353 g/mol. The molecule has 2 rings (SSSR count). The van der Waals surface area contributed by atoms with Gasteiger partial charge in [0.05, 0.1) is 14.2 Å². The van der Waals surface area contributed by atoms with Crippen molar-refractivity contribution in [2.45, 2.75) is 26.3 Å². The average Bonchev–Trinajstić information content (AvgIpc) is 2.66. The fraction of sp³-hybridized carbons (Fsp3) is 0.318. The molecule has 0 aliphatic rings. The number of rotatable bonds is 7. The lowest BCUT2D eigenvalue weighted by Gasteiger charge is -2.16. The minimum absolute atomic E-state index is 0.0668. The number of benzene rings is 2. The van der Waals surface area contributed by atoms with Crippen LogP contribution < -0.4 is 9.47 Å². The lowest BCUT2D eigenvalue weighted by Crippen LogP contribution is -2.24. The first-order valence-corrected chi connectivity index (χ1v) is 8.68. The number of hydrogen-bond donors (Lipinski definition) is 0. The average molecular weight is 353 g/mol. The molecule has 0 atom stereocenters. The Labute approximate surface area is 156 Å². The normalized spacial score (nSPS) is 11.0. The molecule has 0 spiro atoms. The topological polar surface area (TPSA) is 38.8 Å².